The minimum atomic E-state index is -0.131. The number of amides is 1. The fourth-order valence-corrected chi connectivity index (χ4v) is 2.17. The monoisotopic (exact) mass is 271 g/mol. The molecular formula is C11H11Cl2N3O. The lowest BCUT2D eigenvalue weighted by molar-refractivity contribution is 0.0820. The smallest absolute Gasteiger partial charge is 0.272 e. The zero-order valence-corrected chi connectivity index (χ0v) is 11.2. The molecule has 0 aliphatic carbocycles. The summed E-state index contributed by atoms with van der Waals surface area (Å²) in [5.41, 5.74) is 1.65. The molecule has 0 saturated carbocycles. The van der Waals surface area contributed by atoms with Crippen molar-refractivity contribution in [1.29, 1.82) is 0 Å². The lowest BCUT2D eigenvalue weighted by Gasteiger charge is -2.10. The van der Waals surface area contributed by atoms with Crippen LogP contribution in [0.2, 0.25) is 10.0 Å². The standard InChI is InChI=1S/C11H11Cl2N3O/c1-6-9(11(17)15(2)3)16-5-7(12)4-8(13)10(16)14-6/h4-5H,1-3H3. The summed E-state index contributed by atoms with van der Waals surface area (Å²) in [5, 5.41) is 0.895. The molecule has 0 fully saturated rings. The molecule has 0 radical (unpaired) electrons. The second kappa shape index (κ2) is 4.20. The number of aromatic nitrogens is 2. The van der Waals surface area contributed by atoms with Gasteiger partial charge in [-0.1, -0.05) is 23.2 Å². The number of aryl methyl sites for hydroxylation is 1. The third-order valence-corrected chi connectivity index (χ3v) is 2.91. The molecule has 2 aromatic rings. The van der Waals surface area contributed by atoms with Crippen molar-refractivity contribution in [2.75, 3.05) is 14.1 Å². The number of hydrogen-bond donors (Lipinski definition) is 0. The zero-order valence-electron chi connectivity index (χ0n) is 9.66. The first-order chi connectivity index (χ1) is 7.91. The Labute approximate surface area is 109 Å². The van der Waals surface area contributed by atoms with Gasteiger partial charge in [-0.3, -0.25) is 9.20 Å². The van der Waals surface area contributed by atoms with Gasteiger partial charge in [0.15, 0.2) is 5.65 Å². The summed E-state index contributed by atoms with van der Waals surface area (Å²) in [6, 6.07) is 1.61. The maximum Gasteiger partial charge on any atom is 0.272 e. The molecule has 0 spiro atoms. The van der Waals surface area contributed by atoms with E-state index in [4.69, 9.17) is 23.2 Å². The number of imidazole rings is 1. The van der Waals surface area contributed by atoms with Gasteiger partial charge in [-0.15, -0.1) is 0 Å². The number of halogens is 2. The van der Waals surface area contributed by atoms with Crippen LogP contribution in [0, 0.1) is 6.92 Å². The van der Waals surface area contributed by atoms with Crippen molar-refractivity contribution in [3.8, 4) is 0 Å². The highest BCUT2D eigenvalue weighted by molar-refractivity contribution is 6.36. The molecule has 0 atom stereocenters. The molecule has 4 nitrogen and oxygen atoms in total. The van der Waals surface area contributed by atoms with Gasteiger partial charge in [0, 0.05) is 20.3 Å². The SMILES string of the molecule is Cc1nc2c(Cl)cc(Cl)cn2c1C(=O)N(C)C. The first-order valence-electron chi connectivity index (χ1n) is 4.97. The number of carbonyl (C=O) groups excluding carboxylic acids is 1. The fourth-order valence-electron chi connectivity index (χ4n) is 1.66. The van der Waals surface area contributed by atoms with Gasteiger partial charge in [0.2, 0.25) is 0 Å². The van der Waals surface area contributed by atoms with Crippen LogP contribution in [0.5, 0.6) is 0 Å². The highest BCUT2D eigenvalue weighted by Gasteiger charge is 2.19. The second-order valence-electron chi connectivity index (χ2n) is 3.95. The number of hydrogen-bond acceptors (Lipinski definition) is 2. The van der Waals surface area contributed by atoms with Gasteiger partial charge in [-0.25, -0.2) is 4.98 Å². The summed E-state index contributed by atoms with van der Waals surface area (Å²) in [6.45, 7) is 1.77. The van der Waals surface area contributed by atoms with Gasteiger partial charge < -0.3 is 4.90 Å². The molecule has 2 aromatic heterocycles. The molecule has 17 heavy (non-hydrogen) atoms. The molecule has 0 bridgehead atoms. The molecule has 0 aromatic carbocycles. The van der Waals surface area contributed by atoms with E-state index in [1.165, 1.54) is 4.90 Å². The van der Waals surface area contributed by atoms with Gasteiger partial charge >= 0.3 is 0 Å². The number of pyridine rings is 1. The van der Waals surface area contributed by atoms with Crippen molar-refractivity contribution in [2.24, 2.45) is 0 Å². The lowest BCUT2D eigenvalue weighted by Crippen LogP contribution is -2.24. The summed E-state index contributed by atoms with van der Waals surface area (Å²) in [4.78, 5) is 17.8. The fraction of sp³-hybridized carbons (Fsp3) is 0.273. The van der Waals surface area contributed by atoms with E-state index in [2.05, 4.69) is 4.98 Å². The molecule has 90 valence electrons. The van der Waals surface area contributed by atoms with Gasteiger partial charge in [0.25, 0.3) is 5.91 Å². The van der Waals surface area contributed by atoms with E-state index in [9.17, 15) is 4.79 Å². The molecule has 2 heterocycles. The van der Waals surface area contributed by atoms with Crippen molar-refractivity contribution in [3.05, 3.63) is 33.7 Å². The van der Waals surface area contributed by atoms with Crippen LogP contribution in [0.3, 0.4) is 0 Å². The van der Waals surface area contributed by atoms with Crippen molar-refractivity contribution < 1.29 is 4.79 Å². The minimum absolute atomic E-state index is 0.131. The average molecular weight is 272 g/mol. The Bertz CT molecular complexity index is 604. The quantitative estimate of drug-likeness (QED) is 0.800. The summed E-state index contributed by atoms with van der Waals surface area (Å²) in [5.74, 6) is -0.131. The van der Waals surface area contributed by atoms with Crippen molar-refractivity contribution in [2.45, 2.75) is 6.92 Å². The third-order valence-electron chi connectivity index (χ3n) is 2.42. The van der Waals surface area contributed by atoms with E-state index < -0.39 is 0 Å². The first-order valence-corrected chi connectivity index (χ1v) is 5.72. The number of rotatable bonds is 1. The highest BCUT2D eigenvalue weighted by Crippen LogP contribution is 2.24. The second-order valence-corrected chi connectivity index (χ2v) is 4.79. The predicted molar refractivity (Wildman–Crippen MR) is 68.0 cm³/mol. The highest BCUT2D eigenvalue weighted by atomic mass is 35.5. The Hall–Kier alpha value is -1.26. The van der Waals surface area contributed by atoms with Crippen LogP contribution in [0.25, 0.3) is 5.65 Å². The molecule has 0 N–H and O–H groups in total. The largest absolute Gasteiger partial charge is 0.343 e. The molecular weight excluding hydrogens is 261 g/mol. The van der Waals surface area contributed by atoms with Crippen molar-refractivity contribution in [1.82, 2.24) is 14.3 Å². The van der Waals surface area contributed by atoms with E-state index >= 15 is 0 Å². The van der Waals surface area contributed by atoms with Crippen LogP contribution in [0.15, 0.2) is 12.3 Å². The molecule has 0 aliphatic rings. The Morgan fingerprint density at radius 1 is 1.41 bits per heavy atom. The Morgan fingerprint density at radius 2 is 2.06 bits per heavy atom. The summed E-state index contributed by atoms with van der Waals surface area (Å²) in [7, 11) is 3.38. The summed E-state index contributed by atoms with van der Waals surface area (Å²) < 4.78 is 1.63. The zero-order chi connectivity index (χ0) is 12.7. The van der Waals surface area contributed by atoms with Crippen LogP contribution >= 0.6 is 23.2 Å². The summed E-state index contributed by atoms with van der Waals surface area (Å²) >= 11 is 12.0. The normalized spacial score (nSPS) is 10.9. The Balaban J connectivity index is 2.79. The van der Waals surface area contributed by atoms with E-state index in [0.717, 1.165) is 0 Å². The van der Waals surface area contributed by atoms with Crippen molar-refractivity contribution in [3.63, 3.8) is 0 Å². The lowest BCUT2D eigenvalue weighted by atomic mass is 10.3. The van der Waals surface area contributed by atoms with Crippen LogP contribution in [0.1, 0.15) is 16.2 Å². The molecule has 0 unspecified atom stereocenters. The summed E-state index contributed by atoms with van der Waals surface area (Å²) in [6.07, 6.45) is 1.64. The van der Waals surface area contributed by atoms with Gasteiger partial charge in [0.1, 0.15) is 5.69 Å². The Kier molecular flexibility index (Phi) is 3.02. The third kappa shape index (κ3) is 1.98. The average Bonchev–Trinajstić information content (AvgIpc) is 2.54. The molecule has 0 aliphatic heterocycles. The van der Waals surface area contributed by atoms with Gasteiger partial charge in [-0.05, 0) is 13.0 Å². The molecule has 1 amide bonds. The predicted octanol–water partition coefficient (Wildman–Crippen LogP) is 2.65. The van der Waals surface area contributed by atoms with Gasteiger partial charge in [0.05, 0.1) is 15.7 Å². The Morgan fingerprint density at radius 3 is 2.65 bits per heavy atom. The number of fused-ring (bicyclic) bond motifs is 1. The first kappa shape index (κ1) is 12.2. The molecule has 6 heteroatoms. The van der Waals surface area contributed by atoms with Gasteiger partial charge in [-0.2, -0.15) is 0 Å². The van der Waals surface area contributed by atoms with Crippen LogP contribution in [0.4, 0.5) is 0 Å². The minimum Gasteiger partial charge on any atom is -0.343 e. The van der Waals surface area contributed by atoms with Crippen LogP contribution in [-0.4, -0.2) is 34.3 Å². The molecule has 0 saturated heterocycles. The van der Waals surface area contributed by atoms with Crippen LogP contribution < -0.4 is 0 Å². The number of nitrogens with zero attached hydrogens (tertiary/aromatic N) is 3. The van der Waals surface area contributed by atoms with Crippen molar-refractivity contribution >= 4 is 34.8 Å². The van der Waals surface area contributed by atoms with E-state index in [1.807, 2.05) is 0 Å². The number of carbonyl (C=O) groups is 1. The topological polar surface area (TPSA) is 37.6 Å². The maximum atomic E-state index is 12.0. The molecule has 2 rings (SSSR count). The maximum absolute atomic E-state index is 12.0. The van der Waals surface area contributed by atoms with E-state index in [-0.39, 0.29) is 5.91 Å². The van der Waals surface area contributed by atoms with E-state index in [0.29, 0.717) is 27.1 Å². The van der Waals surface area contributed by atoms with E-state index in [1.54, 1.807) is 37.7 Å². The van der Waals surface area contributed by atoms with Crippen LogP contribution in [-0.2, 0) is 0 Å².